The number of carbonyl (C=O) groups is 2. The molecule has 1 aliphatic rings. The Kier molecular flexibility index (Phi) is 10.7. The maximum Gasteiger partial charge on any atom is 0.321 e. The van der Waals surface area contributed by atoms with Gasteiger partial charge in [-0.25, -0.2) is 0 Å². The average Bonchev–Trinajstić information content (AvgIpc) is 3.66. The largest absolute Gasteiger partial charge is 0.494 e. The number of benzene rings is 3. The van der Waals surface area contributed by atoms with Crippen LogP contribution in [0.2, 0.25) is 0 Å². The second-order valence-electron chi connectivity index (χ2n) is 10.8. The fraction of sp³-hybridized carbons (Fsp3) is 0.353. The van der Waals surface area contributed by atoms with E-state index in [0.29, 0.717) is 19.6 Å². The average molecular weight is 602 g/mol. The SMILES string of the molecule is N[C@@H](CC(=O)NCCCOc1ccc(-c2sc3ccccc3c2Cc2ccc(OCCN3CCCC3)cc2)cc1)C(=O)O. The Bertz CT molecular complexity index is 1500. The first-order valence-corrected chi connectivity index (χ1v) is 15.7. The van der Waals surface area contributed by atoms with Gasteiger partial charge in [-0.1, -0.05) is 30.3 Å². The molecular weight excluding hydrogens is 562 g/mol. The summed E-state index contributed by atoms with van der Waals surface area (Å²) in [5.74, 6) is 0.104. The first kappa shape index (κ1) is 30.5. The van der Waals surface area contributed by atoms with Gasteiger partial charge in [-0.3, -0.25) is 14.5 Å². The van der Waals surface area contributed by atoms with Crippen LogP contribution >= 0.6 is 11.3 Å². The van der Waals surface area contributed by atoms with Gasteiger partial charge in [0.05, 0.1) is 13.0 Å². The molecule has 2 heterocycles. The number of aliphatic carboxylic acids is 1. The molecule has 9 heteroatoms. The van der Waals surface area contributed by atoms with Crippen LogP contribution in [-0.4, -0.2) is 67.3 Å². The van der Waals surface area contributed by atoms with Crippen molar-refractivity contribution < 1.29 is 24.2 Å². The van der Waals surface area contributed by atoms with Crippen LogP contribution in [-0.2, 0) is 16.0 Å². The molecule has 0 aliphatic carbocycles. The third-order valence-corrected chi connectivity index (χ3v) is 8.89. The summed E-state index contributed by atoms with van der Waals surface area (Å²) in [5.41, 5.74) is 9.10. The molecule has 0 saturated carbocycles. The molecular formula is C34H39N3O5S. The molecule has 43 heavy (non-hydrogen) atoms. The van der Waals surface area contributed by atoms with Crippen LogP contribution in [0.5, 0.6) is 11.5 Å². The summed E-state index contributed by atoms with van der Waals surface area (Å²) in [7, 11) is 0. The molecule has 0 bridgehead atoms. The number of carboxylic acid groups (broad SMARTS) is 1. The summed E-state index contributed by atoms with van der Waals surface area (Å²) in [6, 6.07) is 24.0. The zero-order chi connectivity index (χ0) is 30.0. The van der Waals surface area contributed by atoms with Crippen LogP contribution in [0, 0.1) is 0 Å². The molecule has 1 amide bonds. The number of hydrogen-bond donors (Lipinski definition) is 3. The number of hydrogen-bond acceptors (Lipinski definition) is 7. The summed E-state index contributed by atoms with van der Waals surface area (Å²) in [5, 5.41) is 12.8. The molecule has 1 aliphatic heterocycles. The van der Waals surface area contributed by atoms with Crippen LogP contribution in [0.4, 0.5) is 0 Å². The second-order valence-corrected chi connectivity index (χ2v) is 11.9. The maximum absolute atomic E-state index is 11.8. The lowest BCUT2D eigenvalue weighted by Crippen LogP contribution is -2.37. The molecule has 5 rings (SSSR count). The molecule has 0 radical (unpaired) electrons. The van der Waals surface area contributed by atoms with Gasteiger partial charge in [0, 0.05) is 22.7 Å². The van der Waals surface area contributed by atoms with E-state index < -0.39 is 12.0 Å². The van der Waals surface area contributed by atoms with Crippen molar-refractivity contribution in [3.8, 4) is 21.9 Å². The Morgan fingerprint density at radius 2 is 1.60 bits per heavy atom. The highest BCUT2D eigenvalue weighted by Crippen LogP contribution is 2.40. The summed E-state index contributed by atoms with van der Waals surface area (Å²) < 4.78 is 13.1. The number of fused-ring (bicyclic) bond motifs is 1. The van der Waals surface area contributed by atoms with Crippen molar-refractivity contribution in [3.63, 3.8) is 0 Å². The summed E-state index contributed by atoms with van der Waals surface area (Å²) in [4.78, 5) is 26.2. The molecule has 1 saturated heterocycles. The monoisotopic (exact) mass is 601 g/mol. The van der Waals surface area contributed by atoms with E-state index in [4.69, 9.17) is 20.3 Å². The number of carboxylic acids is 1. The third-order valence-electron chi connectivity index (χ3n) is 7.63. The van der Waals surface area contributed by atoms with Gasteiger partial charge in [0.1, 0.15) is 24.1 Å². The van der Waals surface area contributed by atoms with E-state index in [1.54, 1.807) is 11.3 Å². The minimum Gasteiger partial charge on any atom is -0.494 e. The maximum atomic E-state index is 11.8. The van der Waals surface area contributed by atoms with Crippen molar-refractivity contribution in [2.75, 3.05) is 39.4 Å². The number of ether oxygens (including phenoxy) is 2. The minimum atomic E-state index is -1.19. The lowest BCUT2D eigenvalue weighted by Gasteiger charge is -2.15. The Morgan fingerprint density at radius 3 is 2.33 bits per heavy atom. The minimum absolute atomic E-state index is 0.240. The van der Waals surface area contributed by atoms with Crippen molar-refractivity contribution in [1.29, 1.82) is 0 Å². The highest BCUT2D eigenvalue weighted by Gasteiger charge is 2.17. The lowest BCUT2D eigenvalue weighted by molar-refractivity contribution is -0.140. The van der Waals surface area contributed by atoms with Crippen LogP contribution in [0.15, 0.2) is 72.8 Å². The van der Waals surface area contributed by atoms with Crippen LogP contribution in [0.3, 0.4) is 0 Å². The number of nitrogens with two attached hydrogens (primary N) is 1. The lowest BCUT2D eigenvalue weighted by atomic mass is 9.99. The van der Waals surface area contributed by atoms with Crippen LogP contribution < -0.4 is 20.5 Å². The molecule has 226 valence electrons. The van der Waals surface area contributed by atoms with Gasteiger partial charge >= 0.3 is 5.97 Å². The van der Waals surface area contributed by atoms with Gasteiger partial charge in [0.25, 0.3) is 0 Å². The molecule has 4 aromatic rings. The highest BCUT2D eigenvalue weighted by molar-refractivity contribution is 7.22. The standard InChI is InChI=1S/C34H39N3O5S/c35-30(34(39)40)23-32(38)36-16-5-20-41-27-14-10-25(11-15-27)33-29(28-6-1-2-7-31(28)43-33)22-24-8-12-26(13-9-24)42-21-19-37-17-3-4-18-37/h1-2,6-15,30H,3-5,16-23,35H2,(H,36,38)(H,39,40)/t30-/m0/s1. The van der Waals surface area contributed by atoms with Gasteiger partial charge in [0.15, 0.2) is 0 Å². The van der Waals surface area contributed by atoms with Crippen molar-refractivity contribution >= 4 is 33.3 Å². The molecule has 0 unspecified atom stereocenters. The van der Waals surface area contributed by atoms with Gasteiger partial charge < -0.3 is 25.6 Å². The van der Waals surface area contributed by atoms with Crippen LogP contribution in [0.1, 0.15) is 36.8 Å². The van der Waals surface area contributed by atoms with Gasteiger partial charge in [-0.2, -0.15) is 0 Å². The van der Waals surface area contributed by atoms with Crippen molar-refractivity contribution in [2.45, 2.75) is 38.1 Å². The number of amides is 1. The van der Waals surface area contributed by atoms with E-state index in [-0.39, 0.29) is 12.3 Å². The number of carbonyl (C=O) groups excluding carboxylic acids is 1. The summed E-state index contributed by atoms with van der Waals surface area (Å²) >= 11 is 1.81. The normalized spacial score (nSPS) is 14.1. The van der Waals surface area contributed by atoms with Crippen molar-refractivity contribution in [2.24, 2.45) is 5.73 Å². The topological polar surface area (TPSA) is 114 Å². The fourth-order valence-electron chi connectivity index (χ4n) is 5.27. The van der Waals surface area contributed by atoms with Gasteiger partial charge in [-0.05, 0) is 103 Å². The number of thiophene rings is 1. The van der Waals surface area contributed by atoms with Crippen molar-refractivity contribution in [1.82, 2.24) is 10.2 Å². The van der Waals surface area contributed by atoms with E-state index in [0.717, 1.165) is 36.6 Å². The predicted molar refractivity (Wildman–Crippen MR) is 171 cm³/mol. The second kappa shape index (κ2) is 15.0. The number of rotatable bonds is 15. The summed E-state index contributed by atoms with van der Waals surface area (Å²) in [6.07, 6.45) is 3.78. The van der Waals surface area contributed by atoms with E-state index in [2.05, 4.69) is 70.9 Å². The van der Waals surface area contributed by atoms with Crippen LogP contribution in [0.25, 0.3) is 20.5 Å². The first-order chi connectivity index (χ1) is 21.0. The molecule has 1 atom stereocenters. The quantitative estimate of drug-likeness (QED) is 0.158. The molecule has 1 aromatic heterocycles. The molecule has 8 nitrogen and oxygen atoms in total. The predicted octanol–water partition coefficient (Wildman–Crippen LogP) is 5.32. The molecule has 1 fully saturated rings. The fourth-order valence-corrected chi connectivity index (χ4v) is 6.49. The molecule has 3 aromatic carbocycles. The van der Waals surface area contributed by atoms with E-state index in [1.165, 1.54) is 52.0 Å². The number of nitrogens with one attached hydrogen (secondary N) is 1. The third kappa shape index (κ3) is 8.56. The zero-order valence-electron chi connectivity index (χ0n) is 24.3. The Morgan fingerprint density at radius 1 is 0.930 bits per heavy atom. The Labute approximate surface area is 256 Å². The van der Waals surface area contributed by atoms with Crippen molar-refractivity contribution in [3.05, 3.63) is 83.9 Å². The first-order valence-electron chi connectivity index (χ1n) is 14.9. The summed E-state index contributed by atoms with van der Waals surface area (Å²) in [6.45, 7) is 4.89. The number of likely N-dealkylation sites (tertiary alicyclic amines) is 1. The van der Waals surface area contributed by atoms with E-state index in [9.17, 15) is 9.59 Å². The zero-order valence-corrected chi connectivity index (χ0v) is 25.1. The Balaban J connectivity index is 1.17. The van der Waals surface area contributed by atoms with Gasteiger partial charge in [0.2, 0.25) is 5.91 Å². The Hall–Kier alpha value is -3.92. The number of nitrogens with zero attached hydrogens (tertiary/aromatic N) is 1. The smallest absolute Gasteiger partial charge is 0.321 e. The highest BCUT2D eigenvalue weighted by atomic mass is 32.1. The van der Waals surface area contributed by atoms with E-state index >= 15 is 0 Å². The molecule has 4 N–H and O–H groups in total. The van der Waals surface area contributed by atoms with E-state index in [1.807, 2.05) is 12.1 Å². The van der Waals surface area contributed by atoms with Gasteiger partial charge in [-0.15, -0.1) is 11.3 Å². The molecule has 0 spiro atoms.